The topological polar surface area (TPSA) is 179 Å². The van der Waals surface area contributed by atoms with E-state index in [9.17, 15) is 33.2 Å². The molecule has 0 bridgehead atoms. The number of urea groups is 1. The van der Waals surface area contributed by atoms with Crippen LogP contribution in [-0.2, 0) is 30.4 Å². The lowest BCUT2D eigenvalue weighted by Crippen LogP contribution is -2.54. The van der Waals surface area contributed by atoms with Gasteiger partial charge in [0.15, 0.2) is 0 Å². The first-order chi connectivity index (χ1) is 32.0. The number of nitrogens with one attached hydrogen (secondary N) is 3. The molecule has 4 heterocycles. The van der Waals surface area contributed by atoms with Crippen LogP contribution >= 0.6 is 0 Å². The molecular weight excluding hydrogens is 850 g/mol. The van der Waals surface area contributed by atoms with E-state index in [0.29, 0.717) is 63.8 Å². The second-order valence-electron chi connectivity index (χ2n) is 17.1. The van der Waals surface area contributed by atoms with Gasteiger partial charge in [-0.2, -0.15) is 0 Å². The van der Waals surface area contributed by atoms with Crippen molar-refractivity contribution in [3.05, 3.63) is 107 Å². The molecule has 4 aliphatic rings. The number of carbonyl (C=O) groups excluding carboxylic acids is 6. The zero-order valence-electron chi connectivity index (χ0n) is 37.1. The van der Waals surface area contributed by atoms with E-state index < -0.39 is 35.5 Å². The number of fused-ring (bicyclic) bond motifs is 2. The minimum Gasteiger partial charge on any atom is -0.490 e. The summed E-state index contributed by atoms with van der Waals surface area (Å²) in [7, 11) is 0. The van der Waals surface area contributed by atoms with Crippen molar-refractivity contribution in [1.29, 1.82) is 0 Å². The van der Waals surface area contributed by atoms with Crippen molar-refractivity contribution >= 4 is 52.0 Å². The molecule has 4 aromatic rings. The number of hydrogen-bond donors (Lipinski definition) is 3. The molecule has 3 saturated heterocycles. The highest BCUT2D eigenvalue weighted by Gasteiger charge is 2.46. The van der Waals surface area contributed by atoms with Crippen LogP contribution in [-0.4, -0.2) is 140 Å². The molecule has 0 aromatic heterocycles. The summed E-state index contributed by atoms with van der Waals surface area (Å²) in [6.45, 7) is 8.40. The highest BCUT2D eigenvalue weighted by molar-refractivity contribution is 6.24. The number of likely N-dealkylation sites (tertiary alicyclic amines) is 1. The number of amides is 7. The van der Waals surface area contributed by atoms with Crippen LogP contribution in [0.4, 0.5) is 14.9 Å². The Morgan fingerprint density at radius 3 is 2.32 bits per heavy atom. The van der Waals surface area contributed by atoms with Crippen molar-refractivity contribution < 1.29 is 47.4 Å². The molecule has 0 radical (unpaired) electrons. The number of piperazine rings is 1. The highest BCUT2D eigenvalue weighted by atomic mass is 19.1. The molecule has 0 saturated carbocycles. The Balaban J connectivity index is 0.684. The summed E-state index contributed by atoms with van der Waals surface area (Å²) in [6, 6.07) is 22.7. The van der Waals surface area contributed by atoms with Crippen LogP contribution in [0.15, 0.2) is 78.9 Å². The lowest BCUT2D eigenvalue weighted by atomic mass is 9.92. The minimum absolute atomic E-state index is 0.0361. The maximum absolute atomic E-state index is 14.7. The Hall–Kier alpha value is -6.27. The SMILES string of the molecule is C[C@H](c1cccc2ccccc12)N1CCC(C(=O)NCc2cc(F)cc(NC(=O)N3CCN(CCOCCOCCOc4cccc5c4C(=O)N(C4CCC(=O)NC4=O)C5=O)CC3)c2)CC1. The number of imide groups is 2. The number of carbonyl (C=O) groups is 6. The first-order valence-electron chi connectivity index (χ1n) is 22.7. The number of anilines is 1. The smallest absolute Gasteiger partial charge is 0.321 e. The third-order valence-electron chi connectivity index (χ3n) is 12.9. The minimum atomic E-state index is -1.06. The van der Waals surface area contributed by atoms with Crippen LogP contribution in [0.25, 0.3) is 10.8 Å². The van der Waals surface area contributed by atoms with Crippen molar-refractivity contribution in [1.82, 2.24) is 30.2 Å². The third kappa shape index (κ3) is 10.9. The molecule has 1 unspecified atom stereocenters. The Kier molecular flexibility index (Phi) is 15.0. The second-order valence-corrected chi connectivity index (χ2v) is 17.1. The fraction of sp³-hybridized carbons (Fsp3) is 0.429. The maximum atomic E-state index is 14.7. The zero-order valence-corrected chi connectivity index (χ0v) is 37.1. The van der Waals surface area contributed by atoms with Crippen LogP contribution in [0, 0.1) is 11.7 Å². The predicted molar refractivity (Wildman–Crippen MR) is 242 cm³/mol. The summed E-state index contributed by atoms with van der Waals surface area (Å²) in [5.41, 5.74) is 2.42. The lowest BCUT2D eigenvalue weighted by Gasteiger charge is -2.36. The van der Waals surface area contributed by atoms with Crippen LogP contribution in [0.5, 0.6) is 5.75 Å². The molecule has 3 N–H and O–H groups in total. The molecule has 66 heavy (non-hydrogen) atoms. The Labute approximate surface area is 382 Å². The highest BCUT2D eigenvalue weighted by Crippen LogP contribution is 2.34. The number of halogens is 1. The van der Waals surface area contributed by atoms with E-state index in [4.69, 9.17) is 14.2 Å². The average molecular weight is 906 g/mol. The van der Waals surface area contributed by atoms with Crippen LogP contribution in [0.1, 0.15) is 70.5 Å². The van der Waals surface area contributed by atoms with Gasteiger partial charge >= 0.3 is 6.03 Å². The molecule has 0 aliphatic carbocycles. The van der Waals surface area contributed by atoms with Crippen molar-refractivity contribution in [2.24, 2.45) is 5.92 Å². The van der Waals surface area contributed by atoms with Gasteiger partial charge in [-0.1, -0.05) is 48.5 Å². The quantitative estimate of drug-likeness (QED) is 0.0986. The second kappa shape index (κ2) is 21.4. The molecule has 4 aliphatic heterocycles. The Bertz CT molecular complexity index is 2450. The molecule has 7 amide bonds. The van der Waals surface area contributed by atoms with Crippen molar-refractivity contribution in [3.8, 4) is 5.75 Å². The molecule has 8 rings (SSSR count). The molecule has 16 nitrogen and oxygen atoms in total. The number of nitrogens with zero attached hydrogens (tertiary/aromatic N) is 4. The van der Waals surface area contributed by atoms with Crippen LogP contribution in [0.2, 0.25) is 0 Å². The first kappa shape index (κ1) is 46.3. The van der Waals surface area contributed by atoms with Crippen molar-refractivity contribution in [2.75, 3.05) is 84.2 Å². The van der Waals surface area contributed by atoms with E-state index in [1.807, 2.05) is 0 Å². The predicted octanol–water partition coefficient (Wildman–Crippen LogP) is 4.73. The van der Waals surface area contributed by atoms with Gasteiger partial charge in [0.1, 0.15) is 24.2 Å². The van der Waals surface area contributed by atoms with E-state index in [2.05, 4.69) is 75.1 Å². The molecule has 2 atom stereocenters. The number of hydrogen-bond acceptors (Lipinski definition) is 11. The van der Waals surface area contributed by atoms with E-state index >= 15 is 0 Å². The fourth-order valence-electron chi connectivity index (χ4n) is 9.23. The average Bonchev–Trinajstić information content (AvgIpc) is 3.58. The van der Waals surface area contributed by atoms with Gasteiger partial charge in [0, 0.05) is 63.3 Å². The van der Waals surface area contributed by atoms with Gasteiger partial charge < -0.3 is 29.7 Å². The number of piperidine rings is 2. The first-order valence-corrected chi connectivity index (χ1v) is 22.7. The third-order valence-corrected chi connectivity index (χ3v) is 12.9. The monoisotopic (exact) mass is 905 g/mol. The Morgan fingerprint density at radius 2 is 1.53 bits per heavy atom. The molecule has 348 valence electrons. The number of benzene rings is 4. The fourth-order valence-corrected chi connectivity index (χ4v) is 9.23. The number of rotatable bonds is 17. The van der Waals surface area contributed by atoms with Gasteiger partial charge in [0.25, 0.3) is 11.8 Å². The summed E-state index contributed by atoms with van der Waals surface area (Å²) < 4.78 is 31.9. The zero-order chi connectivity index (χ0) is 46.2. The summed E-state index contributed by atoms with van der Waals surface area (Å²) in [6.07, 6.45) is 1.59. The molecule has 0 spiro atoms. The summed E-state index contributed by atoms with van der Waals surface area (Å²) in [5, 5.41) is 10.5. The molecule has 17 heteroatoms. The molecule has 3 fully saturated rings. The number of ether oxygens (including phenoxy) is 3. The molecular formula is C49H56FN7O9. The van der Waals surface area contributed by atoms with Crippen molar-refractivity contribution in [3.63, 3.8) is 0 Å². The van der Waals surface area contributed by atoms with Gasteiger partial charge in [-0.25, -0.2) is 9.18 Å². The van der Waals surface area contributed by atoms with Gasteiger partial charge in [-0.15, -0.1) is 0 Å². The van der Waals surface area contributed by atoms with Gasteiger partial charge in [0.05, 0.1) is 37.6 Å². The van der Waals surface area contributed by atoms with Gasteiger partial charge in [-0.3, -0.25) is 44.0 Å². The van der Waals surface area contributed by atoms with Gasteiger partial charge in [-0.05, 0) is 91.5 Å². The van der Waals surface area contributed by atoms with Crippen molar-refractivity contribution in [2.45, 2.75) is 51.2 Å². The standard InChI is InChI=1S/C49H56FN7O9/c1-32(38-9-4-7-34-6-2-3-8-39(34)38)55-16-14-35(15-17-55)45(59)51-31-33-28-36(50)30-37(29-33)52-49(63)56-20-18-54(19-21-56)22-23-64-24-25-65-26-27-66-42-11-5-10-40-44(42)48(62)57(47(40)61)41-12-13-43(58)53-46(41)60/h2-11,28-30,32,35,41H,12-27,31H2,1H3,(H,51,59)(H,52,63)(H,53,58,60)/t32-,41?/m1/s1. The van der Waals surface area contributed by atoms with E-state index in [0.717, 1.165) is 30.8 Å². The van der Waals surface area contributed by atoms with Gasteiger partial charge in [0.2, 0.25) is 17.7 Å². The van der Waals surface area contributed by atoms with E-state index in [1.165, 1.54) is 34.5 Å². The lowest BCUT2D eigenvalue weighted by molar-refractivity contribution is -0.136. The van der Waals surface area contributed by atoms with E-state index in [-0.39, 0.29) is 73.4 Å². The van der Waals surface area contributed by atoms with Crippen LogP contribution in [0.3, 0.4) is 0 Å². The summed E-state index contributed by atoms with van der Waals surface area (Å²) >= 11 is 0. The maximum Gasteiger partial charge on any atom is 0.321 e. The van der Waals surface area contributed by atoms with Crippen LogP contribution < -0.4 is 20.7 Å². The summed E-state index contributed by atoms with van der Waals surface area (Å²) in [5.74, 6) is -2.80. The van der Waals surface area contributed by atoms with E-state index in [1.54, 1.807) is 23.1 Å². The molecule has 4 aromatic carbocycles. The Morgan fingerprint density at radius 1 is 0.803 bits per heavy atom. The largest absolute Gasteiger partial charge is 0.490 e. The summed E-state index contributed by atoms with van der Waals surface area (Å²) in [4.78, 5) is 83.8. The normalized spacial score (nSPS) is 18.9.